The van der Waals surface area contributed by atoms with Crippen LogP contribution in [0.25, 0.3) is 6.08 Å². The van der Waals surface area contributed by atoms with Gasteiger partial charge in [0.25, 0.3) is 11.1 Å². The molecule has 2 fully saturated rings. The molecular weight excluding hydrogens is 552 g/mol. The number of benzene rings is 2. The van der Waals surface area contributed by atoms with Gasteiger partial charge >= 0.3 is 5.97 Å². The van der Waals surface area contributed by atoms with Gasteiger partial charge in [0.15, 0.2) is 11.5 Å². The van der Waals surface area contributed by atoms with E-state index in [9.17, 15) is 19.2 Å². The molecule has 2 aromatic rings. The number of carbonyl (C=O) groups is 4. The smallest absolute Gasteiger partial charge is 0.335 e. The molecule has 188 valence electrons. The largest absolute Gasteiger partial charge is 0.493 e. The second-order valence-corrected chi connectivity index (χ2v) is 10.0. The van der Waals surface area contributed by atoms with Crippen LogP contribution in [0.2, 0.25) is 0 Å². The van der Waals surface area contributed by atoms with Gasteiger partial charge in [-0.1, -0.05) is 12.1 Å². The van der Waals surface area contributed by atoms with Gasteiger partial charge in [0.1, 0.15) is 13.2 Å². The molecule has 0 bridgehead atoms. The molecule has 2 aliphatic rings. The molecule has 2 aliphatic heterocycles. The summed E-state index contributed by atoms with van der Waals surface area (Å²) in [5.41, 5.74) is 1.56. The monoisotopic (exact) mass is 574 g/mol. The van der Waals surface area contributed by atoms with Crippen LogP contribution >= 0.6 is 27.7 Å². The molecule has 2 heterocycles. The van der Waals surface area contributed by atoms with Crippen molar-refractivity contribution >= 4 is 56.8 Å². The lowest BCUT2D eigenvalue weighted by Gasteiger charge is -2.18. The van der Waals surface area contributed by atoms with Gasteiger partial charge in [0, 0.05) is 13.1 Å². The van der Waals surface area contributed by atoms with Gasteiger partial charge in [-0.25, -0.2) is 4.79 Å². The van der Waals surface area contributed by atoms with Gasteiger partial charge in [-0.3, -0.25) is 19.3 Å². The number of carboxylic acids is 1. The van der Waals surface area contributed by atoms with Gasteiger partial charge in [0.2, 0.25) is 5.91 Å². The van der Waals surface area contributed by atoms with Crippen molar-refractivity contribution in [2.45, 2.75) is 19.4 Å². The van der Waals surface area contributed by atoms with E-state index < -0.39 is 17.1 Å². The van der Waals surface area contributed by atoms with Crippen LogP contribution in [0, 0.1) is 0 Å². The number of hydrogen-bond donors (Lipinski definition) is 1. The number of likely N-dealkylation sites (tertiary alicyclic amines) is 1. The molecule has 0 unspecified atom stereocenters. The lowest BCUT2D eigenvalue weighted by Crippen LogP contribution is -2.40. The Morgan fingerprint density at radius 1 is 1.14 bits per heavy atom. The highest BCUT2D eigenvalue weighted by Crippen LogP contribution is 2.39. The Morgan fingerprint density at radius 2 is 1.83 bits per heavy atom. The highest BCUT2D eigenvalue weighted by atomic mass is 79.9. The molecular formula is C25H23BrN2O7S. The average Bonchev–Trinajstić information content (AvgIpc) is 3.48. The molecule has 0 saturated carbocycles. The van der Waals surface area contributed by atoms with Gasteiger partial charge in [-0.2, -0.15) is 0 Å². The minimum absolute atomic E-state index is 0.179. The van der Waals surface area contributed by atoms with E-state index in [1.54, 1.807) is 35.2 Å². The van der Waals surface area contributed by atoms with Crippen molar-refractivity contribution in [2.24, 2.45) is 0 Å². The van der Waals surface area contributed by atoms with Gasteiger partial charge < -0.3 is 19.5 Å². The number of halogens is 1. The van der Waals surface area contributed by atoms with Crippen molar-refractivity contribution in [3.05, 3.63) is 62.5 Å². The molecule has 2 aromatic carbocycles. The maximum atomic E-state index is 12.8. The number of carboxylic acid groups (broad SMARTS) is 1. The topological polar surface area (TPSA) is 113 Å². The molecule has 11 heteroatoms. The van der Waals surface area contributed by atoms with E-state index in [4.69, 9.17) is 14.6 Å². The Kier molecular flexibility index (Phi) is 8.00. The summed E-state index contributed by atoms with van der Waals surface area (Å²) in [5, 5.41) is 8.55. The quantitative estimate of drug-likeness (QED) is 0.462. The summed E-state index contributed by atoms with van der Waals surface area (Å²) in [7, 11) is 1.48. The summed E-state index contributed by atoms with van der Waals surface area (Å²) >= 11 is 4.26. The Hall–Kier alpha value is -3.31. The zero-order chi connectivity index (χ0) is 25.8. The molecule has 0 spiro atoms. The third kappa shape index (κ3) is 5.73. The first-order chi connectivity index (χ1) is 17.3. The Labute approximate surface area is 220 Å². The third-order valence-corrected chi connectivity index (χ3v) is 7.26. The summed E-state index contributed by atoms with van der Waals surface area (Å²) in [6.07, 6.45) is 3.44. The number of rotatable bonds is 8. The molecule has 9 nitrogen and oxygen atoms in total. The van der Waals surface area contributed by atoms with E-state index in [1.165, 1.54) is 19.2 Å². The maximum absolute atomic E-state index is 12.8. The maximum Gasteiger partial charge on any atom is 0.335 e. The van der Waals surface area contributed by atoms with Gasteiger partial charge in [0.05, 0.1) is 22.1 Å². The fraction of sp³-hybridized carbons (Fsp3) is 0.280. The van der Waals surface area contributed by atoms with E-state index in [1.807, 2.05) is 0 Å². The normalized spacial score (nSPS) is 16.7. The Balaban J connectivity index is 1.47. The van der Waals surface area contributed by atoms with Crippen molar-refractivity contribution in [1.29, 1.82) is 0 Å². The highest BCUT2D eigenvalue weighted by Gasteiger charge is 2.37. The molecule has 4 rings (SSSR count). The first-order valence-corrected chi connectivity index (χ1v) is 12.7. The van der Waals surface area contributed by atoms with Crippen LogP contribution < -0.4 is 9.47 Å². The number of amides is 3. The van der Waals surface area contributed by atoms with Crippen LogP contribution in [0.15, 0.2) is 45.8 Å². The van der Waals surface area contributed by atoms with Crippen molar-refractivity contribution < 1.29 is 33.8 Å². The van der Waals surface area contributed by atoms with E-state index in [0.29, 0.717) is 34.6 Å². The fourth-order valence-corrected chi connectivity index (χ4v) is 5.26. The molecule has 0 aliphatic carbocycles. The van der Waals surface area contributed by atoms with E-state index in [2.05, 4.69) is 15.9 Å². The highest BCUT2D eigenvalue weighted by molar-refractivity contribution is 9.10. The second kappa shape index (κ2) is 11.2. The standard InChI is InChI=1S/C25H23BrN2O7S/c1-34-19-11-16(10-18(26)22(19)35-14-15-4-6-17(7-5-15)24(31)32)12-20-23(30)28(25(33)36-20)13-21(29)27-8-2-3-9-27/h4-7,10-12H,2-3,8-9,13-14H2,1H3,(H,31,32)/b20-12+. The SMILES string of the molecule is COc1cc(/C=C2/SC(=O)N(CC(=O)N3CCCC3)C2=O)cc(Br)c1OCc1ccc(C(=O)O)cc1. The fourth-order valence-electron chi connectivity index (χ4n) is 3.85. The van der Waals surface area contributed by atoms with Crippen molar-refractivity contribution in [3.8, 4) is 11.5 Å². The summed E-state index contributed by atoms with van der Waals surface area (Å²) in [4.78, 5) is 51.6. The van der Waals surface area contributed by atoms with Crippen molar-refractivity contribution in [1.82, 2.24) is 9.80 Å². The molecule has 3 amide bonds. The molecule has 1 N–H and O–H groups in total. The van der Waals surface area contributed by atoms with Crippen molar-refractivity contribution in [3.63, 3.8) is 0 Å². The molecule has 0 aromatic heterocycles. The number of imide groups is 1. The van der Waals surface area contributed by atoms with Crippen LogP contribution in [-0.4, -0.2) is 64.7 Å². The average molecular weight is 575 g/mol. The first kappa shape index (κ1) is 25.8. The second-order valence-electron chi connectivity index (χ2n) is 8.18. The summed E-state index contributed by atoms with van der Waals surface area (Å²) in [6, 6.07) is 9.75. The Morgan fingerprint density at radius 3 is 2.47 bits per heavy atom. The summed E-state index contributed by atoms with van der Waals surface area (Å²) in [5.74, 6) is -0.890. The first-order valence-electron chi connectivity index (χ1n) is 11.1. The van der Waals surface area contributed by atoms with Crippen LogP contribution in [-0.2, 0) is 16.2 Å². The summed E-state index contributed by atoms with van der Waals surface area (Å²) in [6.45, 7) is 1.23. The van der Waals surface area contributed by atoms with Gasteiger partial charge in [-0.05, 0) is 82.0 Å². The third-order valence-electron chi connectivity index (χ3n) is 5.76. The minimum Gasteiger partial charge on any atom is -0.493 e. The van der Waals surface area contributed by atoms with Crippen molar-refractivity contribution in [2.75, 3.05) is 26.7 Å². The van der Waals surface area contributed by atoms with E-state index >= 15 is 0 Å². The summed E-state index contributed by atoms with van der Waals surface area (Å²) < 4.78 is 11.9. The molecule has 2 saturated heterocycles. The van der Waals surface area contributed by atoms with E-state index in [-0.39, 0.29) is 29.5 Å². The van der Waals surface area contributed by atoms with E-state index in [0.717, 1.165) is 35.1 Å². The number of aromatic carboxylic acids is 1. The molecule has 0 radical (unpaired) electrons. The zero-order valence-electron chi connectivity index (χ0n) is 19.4. The van der Waals surface area contributed by atoms with Crippen LogP contribution in [0.4, 0.5) is 4.79 Å². The molecule has 0 atom stereocenters. The lowest BCUT2D eigenvalue weighted by atomic mass is 10.1. The number of ether oxygens (including phenoxy) is 2. The number of hydrogen-bond acceptors (Lipinski definition) is 7. The van der Waals surface area contributed by atoms with Gasteiger partial charge in [-0.15, -0.1) is 0 Å². The number of methoxy groups -OCH3 is 1. The predicted molar refractivity (Wildman–Crippen MR) is 137 cm³/mol. The van der Waals surface area contributed by atoms with Crippen LogP contribution in [0.1, 0.15) is 34.3 Å². The lowest BCUT2D eigenvalue weighted by molar-refractivity contribution is -0.135. The number of carbonyl (C=O) groups excluding carboxylic acids is 3. The molecule has 36 heavy (non-hydrogen) atoms. The Bertz CT molecular complexity index is 1240. The number of thioether (sulfide) groups is 1. The van der Waals surface area contributed by atoms with Crippen LogP contribution in [0.5, 0.6) is 11.5 Å². The number of nitrogens with zero attached hydrogens (tertiary/aromatic N) is 2. The zero-order valence-corrected chi connectivity index (χ0v) is 21.8. The predicted octanol–water partition coefficient (Wildman–Crippen LogP) is 4.39. The minimum atomic E-state index is -1.00. The van der Waals surface area contributed by atoms with Crippen LogP contribution in [0.3, 0.4) is 0 Å².